The van der Waals surface area contributed by atoms with Crippen LogP contribution in [0.3, 0.4) is 0 Å². The predicted molar refractivity (Wildman–Crippen MR) is 84.2 cm³/mol. The fourth-order valence-electron chi connectivity index (χ4n) is 2.19. The first-order valence-electron chi connectivity index (χ1n) is 6.87. The number of carbonyl (C=O) groups is 1. The highest BCUT2D eigenvalue weighted by molar-refractivity contribution is 5.96. The van der Waals surface area contributed by atoms with E-state index in [9.17, 15) is 4.79 Å². The summed E-state index contributed by atoms with van der Waals surface area (Å²) in [6.07, 6.45) is 3.78. The Hall–Kier alpha value is -2.50. The van der Waals surface area contributed by atoms with Gasteiger partial charge in [0.2, 0.25) is 0 Å². The van der Waals surface area contributed by atoms with Crippen LogP contribution in [-0.4, -0.2) is 29.3 Å². The molecule has 0 aliphatic heterocycles. The smallest absolute Gasteiger partial charge is 0.251 e. The molecule has 6 nitrogen and oxygen atoms in total. The minimum Gasteiger partial charge on any atom is -0.397 e. The molecule has 0 aliphatic rings. The van der Waals surface area contributed by atoms with Crippen molar-refractivity contribution in [2.45, 2.75) is 13.5 Å². The van der Waals surface area contributed by atoms with Crippen molar-refractivity contribution in [1.82, 2.24) is 15.1 Å². The Bertz CT molecular complexity index is 635. The number of nitrogens with one attached hydrogen (secondary N) is 1. The molecule has 1 amide bonds. The highest BCUT2D eigenvalue weighted by Crippen LogP contribution is 2.25. The van der Waals surface area contributed by atoms with Gasteiger partial charge in [-0.2, -0.15) is 5.10 Å². The lowest BCUT2D eigenvalue weighted by molar-refractivity contribution is 0.0956. The van der Waals surface area contributed by atoms with Gasteiger partial charge >= 0.3 is 0 Å². The number of hydrogen-bond donors (Lipinski definition) is 2. The van der Waals surface area contributed by atoms with Crippen molar-refractivity contribution in [2.75, 3.05) is 24.2 Å². The van der Waals surface area contributed by atoms with E-state index in [1.165, 1.54) is 0 Å². The molecule has 6 heteroatoms. The molecule has 0 radical (unpaired) electrons. The molecule has 21 heavy (non-hydrogen) atoms. The summed E-state index contributed by atoms with van der Waals surface area (Å²) >= 11 is 0. The predicted octanol–water partition coefficient (Wildman–Crippen LogP) is 1.39. The van der Waals surface area contributed by atoms with Crippen molar-refractivity contribution >= 4 is 17.3 Å². The zero-order valence-corrected chi connectivity index (χ0v) is 12.6. The van der Waals surface area contributed by atoms with Gasteiger partial charge in [0, 0.05) is 44.5 Å². The SMILES string of the molecule is CCNC(=O)c1ccc(N)c(N(C)Cc2cnn(C)c2)c1. The minimum atomic E-state index is -0.0893. The number of nitrogen functional groups attached to an aromatic ring is 1. The van der Waals surface area contributed by atoms with Crippen LogP contribution >= 0.6 is 0 Å². The summed E-state index contributed by atoms with van der Waals surface area (Å²) in [5.74, 6) is -0.0893. The Morgan fingerprint density at radius 2 is 2.24 bits per heavy atom. The number of nitrogens with two attached hydrogens (primary N) is 1. The second-order valence-corrected chi connectivity index (χ2v) is 5.01. The summed E-state index contributed by atoms with van der Waals surface area (Å²) < 4.78 is 1.76. The average Bonchev–Trinajstić information content (AvgIpc) is 2.84. The van der Waals surface area contributed by atoms with Crippen molar-refractivity contribution in [3.05, 3.63) is 41.7 Å². The third-order valence-corrected chi connectivity index (χ3v) is 3.22. The lowest BCUT2D eigenvalue weighted by Crippen LogP contribution is -2.24. The van der Waals surface area contributed by atoms with Gasteiger partial charge in [0.05, 0.1) is 17.6 Å². The maximum atomic E-state index is 11.9. The van der Waals surface area contributed by atoms with Crippen molar-refractivity contribution in [3.8, 4) is 0 Å². The van der Waals surface area contributed by atoms with Crippen molar-refractivity contribution in [3.63, 3.8) is 0 Å². The Balaban J connectivity index is 2.21. The number of carbonyl (C=O) groups excluding carboxylic acids is 1. The number of benzene rings is 1. The summed E-state index contributed by atoms with van der Waals surface area (Å²) in [5.41, 5.74) is 9.21. The molecule has 3 N–H and O–H groups in total. The van der Waals surface area contributed by atoms with E-state index >= 15 is 0 Å². The summed E-state index contributed by atoms with van der Waals surface area (Å²) in [7, 11) is 3.83. The van der Waals surface area contributed by atoms with Gasteiger partial charge in [0.1, 0.15) is 0 Å². The lowest BCUT2D eigenvalue weighted by Gasteiger charge is -2.21. The van der Waals surface area contributed by atoms with Gasteiger partial charge < -0.3 is 16.0 Å². The van der Waals surface area contributed by atoms with Crippen LogP contribution in [0.5, 0.6) is 0 Å². The maximum Gasteiger partial charge on any atom is 0.251 e. The van der Waals surface area contributed by atoms with E-state index in [4.69, 9.17) is 5.73 Å². The van der Waals surface area contributed by atoms with Gasteiger partial charge in [-0.05, 0) is 25.1 Å². The molecular formula is C15H21N5O. The highest BCUT2D eigenvalue weighted by Gasteiger charge is 2.11. The van der Waals surface area contributed by atoms with Gasteiger partial charge in [-0.25, -0.2) is 0 Å². The number of aryl methyl sites for hydroxylation is 1. The molecule has 1 aromatic carbocycles. The molecule has 1 aromatic heterocycles. The van der Waals surface area contributed by atoms with E-state index < -0.39 is 0 Å². The average molecular weight is 287 g/mol. The topological polar surface area (TPSA) is 76.2 Å². The highest BCUT2D eigenvalue weighted by atomic mass is 16.1. The molecule has 0 saturated carbocycles. The van der Waals surface area contributed by atoms with Gasteiger partial charge in [-0.15, -0.1) is 0 Å². The zero-order chi connectivity index (χ0) is 15.4. The molecule has 0 atom stereocenters. The van der Waals surface area contributed by atoms with Crippen LogP contribution in [0.4, 0.5) is 11.4 Å². The van der Waals surface area contributed by atoms with Crippen LogP contribution in [0, 0.1) is 0 Å². The van der Waals surface area contributed by atoms with Gasteiger partial charge in [0.15, 0.2) is 0 Å². The van der Waals surface area contributed by atoms with Crippen molar-refractivity contribution in [1.29, 1.82) is 0 Å². The zero-order valence-electron chi connectivity index (χ0n) is 12.6. The number of hydrogen-bond acceptors (Lipinski definition) is 4. The lowest BCUT2D eigenvalue weighted by atomic mass is 10.1. The maximum absolute atomic E-state index is 11.9. The van der Waals surface area contributed by atoms with Gasteiger partial charge in [-0.1, -0.05) is 0 Å². The molecule has 0 saturated heterocycles. The van der Waals surface area contributed by atoms with E-state index in [0.29, 0.717) is 24.3 Å². The first-order valence-corrected chi connectivity index (χ1v) is 6.87. The molecule has 2 rings (SSSR count). The minimum absolute atomic E-state index is 0.0893. The van der Waals surface area contributed by atoms with E-state index in [2.05, 4.69) is 10.4 Å². The van der Waals surface area contributed by atoms with E-state index in [0.717, 1.165) is 11.3 Å². The summed E-state index contributed by atoms with van der Waals surface area (Å²) in [4.78, 5) is 13.9. The normalized spacial score (nSPS) is 10.4. The molecule has 0 bridgehead atoms. The number of aromatic nitrogens is 2. The molecule has 0 spiro atoms. The summed E-state index contributed by atoms with van der Waals surface area (Å²) in [5, 5.41) is 6.94. The molecule has 2 aromatic rings. The number of nitrogens with zero attached hydrogens (tertiary/aromatic N) is 3. The van der Waals surface area contributed by atoms with E-state index in [-0.39, 0.29) is 5.91 Å². The number of rotatable bonds is 5. The largest absolute Gasteiger partial charge is 0.397 e. The Labute approximate surface area is 124 Å². The number of amides is 1. The summed E-state index contributed by atoms with van der Waals surface area (Å²) in [6, 6.07) is 5.32. The third-order valence-electron chi connectivity index (χ3n) is 3.22. The Morgan fingerprint density at radius 1 is 1.48 bits per heavy atom. The molecule has 0 aliphatic carbocycles. The quantitative estimate of drug-likeness (QED) is 0.815. The third kappa shape index (κ3) is 3.53. The fourth-order valence-corrected chi connectivity index (χ4v) is 2.19. The fraction of sp³-hybridized carbons (Fsp3) is 0.333. The molecule has 0 fully saturated rings. The monoisotopic (exact) mass is 287 g/mol. The number of anilines is 2. The second-order valence-electron chi connectivity index (χ2n) is 5.01. The van der Waals surface area contributed by atoms with Crippen LogP contribution in [0.2, 0.25) is 0 Å². The molecular weight excluding hydrogens is 266 g/mol. The van der Waals surface area contributed by atoms with E-state index in [1.54, 1.807) is 16.8 Å². The van der Waals surface area contributed by atoms with Crippen LogP contribution in [0.1, 0.15) is 22.8 Å². The van der Waals surface area contributed by atoms with Gasteiger partial charge in [-0.3, -0.25) is 9.48 Å². The van der Waals surface area contributed by atoms with Crippen LogP contribution < -0.4 is 16.0 Å². The Kier molecular flexibility index (Phi) is 4.47. The van der Waals surface area contributed by atoms with Crippen LogP contribution in [0.15, 0.2) is 30.6 Å². The first-order chi connectivity index (χ1) is 10.0. The van der Waals surface area contributed by atoms with Crippen molar-refractivity contribution < 1.29 is 4.79 Å². The van der Waals surface area contributed by atoms with Crippen LogP contribution in [0.25, 0.3) is 0 Å². The van der Waals surface area contributed by atoms with Gasteiger partial charge in [0.25, 0.3) is 5.91 Å². The standard InChI is InChI=1S/C15H21N5O/c1-4-17-15(21)12-5-6-13(16)14(7-12)19(2)9-11-8-18-20(3)10-11/h5-8,10H,4,9,16H2,1-3H3,(H,17,21). The Morgan fingerprint density at radius 3 is 2.86 bits per heavy atom. The first kappa shape index (κ1) is 14.9. The van der Waals surface area contributed by atoms with Crippen molar-refractivity contribution in [2.24, 2.45) is 7.05 Å². The molecule has 1 heterocycles. The molecule has 112 valence electrons. The van der Waals surface area contributed by atoms with Crippen LogP contribution in [-0.2, 0) is 13.6 Å². The van der Waals surface area contributed by atoms with E-state index in [1.807, 2.05) is 44.4 Å². The second kappa shape index (κ2) is 6.30. The molecule has 0 unspecified atom stereocenters. The summed E-state index contributed by atoms with van der Waals surface area (Å²) in [6.45, 7) is 3.17.